The molecule has 0 bridgehead atoms. The first-order valence-electron chi connectivity index (χ1n) is 6.23. The fraction of sp³-hybridized carbons (Fsp3) is 0.462. The minimum atomic E-state index is -0.276. The van der Waals surface area contributed by atoms with Crippen molar-refractivity contribution in [2.45, 2.75) is 25.8 Å². The number of nitrogens with zero attached hydrogens (tertiary/aromatic N) is 3. The number of rotatable bonds is 1. The van der Waals surface area contributed by atoms with Crippen molar-refractivity contribution in [2.24, 2.45) is 5.92 Å². The van der Waals surface area contributed by atoms with Crippen molar-refractivity contribution in [1.29, 1.82) is 0 Å². The molecule has 2 aliphatic rings. The number of pyridine rings is 1. The van der Waals surface area contributed by atoms with E-state index in [1.165, 1.54) is 4.90 Å². The zero-order valence-corrected chi connectivity index (χ0v) is 10.2. The van der Waals surface area contributed by atoms with Crippen LogP contribution in [0.2, 0.25) is 0 Å². The van der Waals surface area contributed by atoms with Gasteiger partial charge in [-0.2, -0.15) is 0 Å². The van der Waals surface area contributed by atoms with E-state index in [-0.39, 0.29) is 18.0 Å². The van der Waals surface area contributed by atoms with Gasteiger partial charge in [-0.15, -0.1) is 0 Å². The summed E-state index contributed by atoms with van der Waals surface area (Å²) < 4.78 is 0. The van der Waals surface area contributed by atoms with Crippen LogP contribution in [-0.2, 0) is 4.79 Å². The van der Waals surface area contributed by atoms with Crippen LogP contribution >= 0.6 is 0 Å². The molecule has 0 unspecified atom stereocenters. The van der Waals surface area contributed by atoms with E-state index in [1.807, 2.05) is 0 Å². The Bertz CT molecular complexity index is 488. The van der Waals surface area contributed by atoms with Crippen molar-refractivity contribution in [2.75, 3.05) is 11.4 Å². The Kier molecular flexibility index (Phi) is 2.54. The van der Waals surface area contributed by atoms with Crippen LogP contribution in [0.1, 0.15) is 19.8 Å². The predicted molar refractivity (Wildman–Crippen MR) is 66.0 cm³/mol. The molecule has 2 saturated heterocycles. The molecule has 0 radical (unpaired) electrons. The van der Waals surface area contributed by atoms with Gasteiger partial charge < -0.3 is 4.90 Å². The van der Waals surface area contributed by atoms with Gasteiger partial charge in [0, 0.05) is 12.7 Å². The second-order valence-electron chi connectivity index (χ2n) is 5.01. The third kappa shape index (κ3) is 1.58. The molecule has 1 aromatic rings. The first kappa shape index (κ1) is 11.2. The molecule has 1 aromatic heterocycles. The standard InChI is InChI=1S/C13H15N3O2/c1-9-4-6-15-11(7-9)12(17)16(13(15)18)10-3-2-5-14-8-10/h2-3,5,8-9,11H,4,6-7H2,1H3/t9-,11-/m0/s1. The molecular weight excluding hydrogens is 230 g/mol. The highest BCUT2D eigenvalue weighted by Gasteiger charge is 2.47. The number of hydrogen-bond acceptors (Lipinski definition) is 3. The summed E-state index contributed by atoms with van der Waals surface area (Å²) in [7, 11) is 0. The predicted octanol–water partition coefficient (Wildman–Crippen LogP) is 1.65. The molecular formula is C13H15N3O2. The number of anilines is 1. The molecule has 2 fully saturated rings. The van der Waals surface area contributed by atoms with Gasteiger partial charge in [0.05, 0.1) is 11.9 Å². The van der Waals surface area contributed by atoms with E-state index in [0.29, 0.717) is 18.2 Å². The largest absolute Gasteiger partial charge is 0.332 e. The van der Waals surface area contributed by atoms with Gasteiger partial charge in [0.1, 0.15) is 6.04 Å². The van der Waals surface area contributed by atoms with E-state index in [9.17, 15) is 9.59 Å². The number of hydrogen-bond donors (Lipinski definition) is 0. The number of carbonyl (C=O) groups is 2. The highest BCUT2D eigenvalue weighted by molar-refractivity contribution is 6.21. The summed E-state index contributed by atoms with van der Waals surface area (Å²) in [5.74, 6) is 0.386. The molecule has 0 aliphatic carbocycles. The molecule has 5 heteroatoms. The molecule has 0 aromatic carbocycles. The topological polar surface area (TPSA) is 53.5 Å². The quantitative estimate of drug-likeness (QED) is 0.707. The van der Waals surface area contributed by atoms with Crippen molar-refractivity contribution in [3.63, 3.8) is 0 Å². The van der Waals surface area contributed by atoms with Crippen molar-refractivity contribution in [1.82, 2.24) is 9.88 Å². The lowest BCUT2D eigenvalue weighted by molar-refractivity contribution is -0.120. The maximum Gasteiger partial charge on any atom is 0.332 e. The van der Waals surface area contributed by atoms with Crippen LogP contribution in [0.15, 0.2) is 24.5 Å². The average molecular weight is 245 g/mol. The summed E-state index contributed by atoms with van der Waals surface area (Å²) in [5.41, 5.74) is 0.564. The number of amides is 3. The van der Waals surface area contributed by atoms with E-state index < -0.39 is 0 Å². The van der Waals surface area contributed by atoms with Crippen molar-refractivity contribution >= 4 is 17.6 Å². The molecule has 3 amide bonds. The fourth-order valence-corrected chi connectivity index (χ4v) is 2.70. The first-order chi connectivity index (χ1) is 8.68. The molecule has 0 N–H and O–H groups in total. The summed E-state index contributed by atoms with van der Waals surface area (Å²) in [4.78, 5) is 31.5. The molecule has 5 nitrogen and oxygen atoms in total. The van der Waals surface area contributed by atoms with E-state index in [4.69, 9.17) is 0 Å². The highest BCUT2D eigenvalue weighted by atomic mass is 16.2. The zero-order valence-electron chi connectivity index (χ0n) is 10.2. The summed E-state index contributed by atoms with van der Waals surface area (Å²) in [6.45, 7) is 2.80. The zero-order chi connectivity index (χ0) is 12.7. The number of urea groups is 1. The van der Waals surface area contributed by atoms with Gasteiger partial charge in [-0.25, -0.2) is 9.69 Å². The molecule has 3 rings (SSSR count). The second kappa shape index (κ2) is 4.08. The summed E-state index contributed by atoms with van der Waals surface area (Å²) in [6, 6.07) is 2.99. The lowest BCUT2D eigenvalue weighted by atomic mass is 9.93. The Morgan fingerprint density at radius 1 is 1.39 bits per heavy atom. The SMILES string of the molecule is C[C@H]1CCN2C(=O)N(c3cccnc3)C(=O)[C@@H]2C1. The third-order valence-corrected chi connectivity index (χ3v) is 3.71. The van der Waals surface area contributed by atoms with Crippen molar-refractivity contribution < 1.29 is 9.59 Å². The van der Waals surface area contributed by atoms with Crippen molar-refractivity contribution in [3.05, 3.63) is 24.5 Å². The van der Waals surface area contributed by atoms with Crippen LogP contribution in [-0.4, -0.2) is 34.4 Å². The average Bonchev–Trinajstić information content (AvgIpc) is 2.63. The minimum absolute atomic E-state index is 0.112. The summed E-state index contributed by atoms with van der Waals surface area (Å²) in [5, 5.41) is 0. The first-order valence-corrected chi connectivity index (χ1v) is 6.23. The minimum Gasteiger partial charge on any atom is -0.312 e. The number of carbonyl (C=O) groups excluding carboxylic acids is 2. The van der Waals surface area contributed by atoms with Crippen LogP contribution in [0.4, 0.5) is 10.5 Å². The van der Waals surface area contributed by atoms with Crippen LogP contribution in [0.25, 0.3) is 0 Å². The Hall–Kier alpha value is -1.91. The van der Waals surface area contributed by atoms with Gasteiger partial charge in [-0.1, -0.05) is 6.92 Å². The smallest absolute Gasteiger partial charge is 0.312 e. The lowest BCUT2D eigenvalue weighted by Gasteiger charge is -2.30. The summed E-state index contributed by atoms with van der Waals surface area (Å²) in [6.07, 6.45) is 4.92. The van der Waals surface area contributed by atoms with Crippen molar-refractivity contribution in [3.8, 4) is 0 Å². The van der Waals surface area contributed by atoms with Gasteiger partial charge >= 0.3 is 6.03 Å². The Morgan fingerprint density at radius 3 is 2.94 bits per heavy atom. The monoisotopic (exact) mass is 245 g/mol. The normalized spacial score (nSPS) is 27.6. The van der Waals surface area contributed by atoms with Gasteiger partial charge in [-0.05, 0) is 30.9 Å². The van der Waals surface area contributed by atoms with Gasteiger partial charge in [0.25, 0.3) is 5.91 Å². The lowest BCUT2D eigenvalue weighted by Crippen LogP contribution is -2.41. The molecule has 18 heavy (non-hydrogen) atoms. The Labute approximate surface area is 105 Å². The molecule has 0 saturated carbocycles. The third-order valence-electron chi connectivity index (χ3n) is 3.71. The number of fused-ring (bicyclic) bond motifs is 1. The van der Waals surface area contributed by atoms with Gasteiger partial charge in [0.15, 0.2) is 0 Å². The van der Waals surface area contributed by atoms with E-state index >= 15 is 0 Å². The number of aromatic nitrogens is 1. The molecule has 0 spiro atoms. The Balaban J connectivity index is 1.94. The molecule has 3 heterocycles. The van der Waals surface area contributed by atoms with Crippen LogP contribution < -0.4 is 4.90 Å². The maximum atomic E-state index is 12.3. The molecule has 2 atom stereocenters. The maximum absolute atomic E-state index is 12.3. The second-order valence-corrected chi connectivity index (χ2v) is 5.01. The summed E-state index contributed by atoms with van der Waals surface area (Å²) >= 11 is 0. The van der Waals surface area contributed by atoms with Crippen LogP contribution in [0.5, 0.6) is 0 Å². The van der Waals surface area contributed by atoms with Gasteiger partial charge in [-0.3, -0.25) is 9.78 Å². The Morgan fingerprint density at radius 2 is 2.22 bits per heavy atom. The van der Waals surface area contributed by atoms with Gasteiger partial charge in [0.2, 0.25) is 0 Å². The number of imide groups is 1. The fourth-order valence-electron chi connectivity index (χ4n) is 2.70. The van der Waals surface area contributed by atoms with E-state index in [2.05, 4.69) is 11.9 Å². The molecule has 2 aliphatic heterocycles. The number of piperidine rings is 1. The van der Waals surface area contributed by atoms with E-state index in [0.717, 1.165) is 12.8 Å². The van der Waals surface area contributed by atoms with Crippen LogP contribution in [0, 0.1) is 5.92 Å². The van der Waals surface area contributed by atoms with E-state index in [1.54, 1.807) is 29.4 Å². The highest BCUT2D eigenvalue weighted by Crippen LogP contribution is 2.32. The van der Waals surface area contributed by atoms with Crippen LogP contribution in [0.3, 0.4) is 0 Å². The molecule has 94 valence electrons.